The van der Waals surface area contributed by atoms with E-state index >= 15 is 0 Å². The Kier molecular flexibility index (Phi) is 7.03. The molecule has 1 aliphatic heterocycles. The molecular formula is C28H37N3O2. The molecule has 0 spiro atoms. The van der Waals surface area contributed by atoms with Gasteiger partial charge in [-0.3, -0.25) is 0 Å². The SMILES string of the molecule is CC1(C)OCC(CN[C@@H](c2nc(-c3ccccc3)cn2Cc2ccccc2)C(C)(C)C)CO1. The fraction of sp³-hybridized carbons (Fsp3) is 0.464. The fourth-order valence-corrected chi connectivity index (χ4v) is 4.23. The van der Waals surface area contributed by atoms with Crippen molar-refractivity contribution in [2.45, 2.75) is 53.0 Å². The van der Waals surface area contributed by atoms with Crippen molar-refractivity contribution < 1.29 is 9.47 Å². The van der Waals surface area contributed by atoms with E-state index in [9.17, 15) is 0 Å². The molecule has 3 aromatic rings. The highest BCUT2D eigenvalue weighted by molar-refractivity contribution is 5.58. The van der Waals surface area contributed by atoms with Crippen LogP contribution < -0.4 is 5.32 Å². The fourth-order valence-electron chi connectivity index (χ4n) is 4.23. The second-order valence-corrected chi connectivity index (χ2v) is 10.6. The maximum atomic E-state index is 5.88. The molecule has 5 nitrogen and oxygen atoms in total. The van der Waals surface area contributed by atoms with Gasteiger partial charge in [-0.25, -0.2) is 4.98 Å². The van der Waals surface area contributed by atoms with Crippen LogP contribution >= 0.6 is 0 Å². The molecule has 33 heavy (non-hydrogen) atoms. The van der Waals surface area contributed by atoms with E-state index in [0.29, 0.717) is 19.1 Å². The lowest BCUT2D eigenvalue weighted by Crippen LogP contribution is -2.45. The third-order valence-electron chi connectivity index (χ3n) is 6.14. The topological polar surface area (TPSA) is 48.3 Å². The molecule has 2 aromatic carbocycles. The van der Waals surface area contributed by atoms with E-state index < -0.39 is 5.79 Å². The standard InChI is InChI=1S/C28H37N3O2/c1-27(2,3)25(29-16-22-19-32-28(4,5)33-20-22)26-30-24(23-14-10-7-11-15-23)18-31(26)17-21-12-8-6-9-13-21/h6-15,18,22,25,29H,16-17,19-20H2,1-5H3/t25-/m0/s1. The second-order valence-electron chi connectivity index (χ2n) is 10.6. The Morgan fingerprint density at radius 3 is 2.21 bits per heavy atom. The summed E-state index contributed by atoms with van der Waals surface area (Å²) in [6, 6.07) is 21.1. The van der Waals surface area contributed by atoms with E-state index in [1.165, 1.54) is 5.56 Å². The highest BCUT2D eigenvalue weighted by Gasteiger charge is 2.33. The van der Waals surface area contributed by atoms with Crippen molar-refractivity contribution in [1.29, 1.82) is 0 Å². The predicted molar refractivity (Wildman–Crippen MR) is 133 cm³/mol. The molecule has 176 valence electrons. The first-order chi connectivity index (χ1) is 15.7. The van der Waals surface area contributed by atoms with Gasteiger partial charge < -0.3 is 19.4 Å². The number of aromatic nitrogens is 2. The maximum Gasteiger partial charge on any atom is 0.162 e. The van der Waals surface area contributed by atoms with Crippen molar-refractivity contribution >= 4 is 0 Å². The number of rotatable bonds is 7. The number of hydrogen-bond donors (Lipinski definition) is 1. The Balaban J connectivity index is 1.62. The third kappa shape index (κ3) is 6.11. The van der Waals surface area contributed by atoms with E-state index in [2.05, 4.69) is 91.4 Å². The quantitative estimate of drug-likeness (QED) is 0.507. The Labute approximate surface area is 198 Å². The zero-order valence-electron chi connectivity index (χ0n) is 20.5. The number of nitrogens with zero attached hydrogens (tertiary/aromatic N) is 2. The van der Waals surface area contributed by atoms with Gasteiger partial charge in [-0.1, -0.05) is 81.4 Å². The lowest BCUT2D eigenvalue weighted by atomic mass is 9.85. The van der Waals surface area contributed by atoms with Crippen LogP contribution in [0.2, 0.25) is 0 Å². The van der Waals surface area contributed by atoms with Gasteiger partial charge in [-0.2, -0.15) is 0 Å². The molecule has 4 rings (SSSR count). The van der Waals surface area contributed by atoms with Gasteiger partial charge in [0.1, 0.15) is 5.82 Å². The Morgan fingerprint density at radius 1 is 1.00 bits per heavy atom. The summed E-state index contributed by atoms with van der Waals surface area (Å²) in [5.41, 5.74) is 3.38. The minimum atomic E-state index is -0.490. The van der Waals surface area contributed by atoms with E-state index in [4.69, 9.17) is 14.5 Å². The number of ether oxygens (including phenoxy) is 2. The van der Waals surface area contributed by atoms with E-state index in [1.54, 1.807) is 0 Å². The molecular weight excluding hydrogens is 410 g/mol. The summed E-state index contributed by atoms with van der Waals surface area (Å²) < 4.78 is 14.1. The Bertz CT molecular complexity index is 1010. The third-order valence-corrected chi connectivity index (χ3v) is 6.14. The largest absolute Gasteiger partial charge is 0.350 e. The molecule has 1 aromatic heterocycles. The van der Waals surface area contributed by atoms with Gasteiger partial charge >= 0.3 is 0 Å². The molecule has 1 N–H and O–H groups in total. The van der Waals surface area contributed by atoms with Crippen molar-refractivity contribution in [3.05, 3.63) is 78.2 Å². The maximum absolute atomic E-state index is 5.88. The monoisotopic (exact) mass is 447 g/mol. The van der Waals surface area contributed by atoms with Gasteiger partial charge in [0.25, 0.3) is 0 Å². The molecule has 1 atom stereocenters. The van der Waals surface area contributed by atoms with Crippen molar-refractivity contribution in [2.24, 2.45) is 11.3 Å². The predicted octanol–water partition coefficient (Wildman–Crippen LogP) is 5.67. The molecule has 0 unspecified atom stereocenters. The first-order valence-electron chi connectivity index (χ1n) is 11.9. The van der Waals surface area contributed by atoms with Gasteiger partial charge in [-0.15, -0.1) is 0 Å². The second kappa shape index (κ2) is 9.80. The lowest BCUT2D eigenvalue weighted by molar-refractivity contribution is -0.261. The summed E-state index contributed by atoms with van der Waals surface area (Å²) in [4.78, 5) is 5.17. The molecule has 0 radical (unpaired) electrons. The van der Waals surface area contributed by atoms with Gasteiger partial charge in [0.05, 0.1) is 24.9 Å². The summed E-state index contributed by atoms with van der Waals surface area (Å²) in [5.74, 6) is 0.883. The molecule has 0 amide bonds. The van der Waals surface area contributed by atoms with Crippen LogP contribution in [-0.4, -0.2) is 35.1 Å². The van der Waals surface area contributed by atoms with Crippen LogP contribution in [0.15, 0.2) is 66.9 Å². The first-order valence-corrected chi connectivity index (χ1v) is 11.9. The van der Waals surface area contributed by atoms with E-state index in [0.717, 1.165) is 30.2 Å². The molecule has 1 saturated heterocycles. The highest BCUT2D eigenvalue weighted by Crippen LogP contribution is 2.34. The molecule has 1 aliphatic rings. The van der Waals surface area contributed by atoms with Gasteiger partial charge in [0, 0.05) is 30.8 Å². The number of imidazole rings is 1. The first kappa shape index (κ1) is 23.7. The molecule has 1 fully saturated rings. The Hall–Kier alpha value is -2.47. The van der Waals surface area contributed by atoms with E-state index in [1.807, 2.05) is 19.9 Å². The summed E-state index contributed by atoms with van der Waals surface area (Å²) in [6.45, 7) is 13.8. The highest BCUT2D eigenvalue weighted by atomic mass is 16.7. The normalized spacial score (nSPS) is 17.7. The lowest BCUT2D eigenvalue weighted by Gasteiger charge is -2.37. The van der Waals surface area contributed by atoms with Crippen molar-refractivity contribution in [1.82, 2.24) is 14.9 Å². The van der Waals surface area contributed by atoms with Crippen LogP contribution in [0.1, 0.15) is 52.0 Å². The molecule has 0 saturated carbocycles. The summed E-state index contributed by atoms with van der Waals surface area (Å²) in [6.07, 6.45) is 2.19. The average Bonchev–Trinajstić information content (AvgIpc) is 3.18. The van der Waals surface area contributed by atoms with Crippen LogP contribution in [-0.2, 0) is 16.0 Å². The van der Waals surface area contributed by atoms with Gasteiger partial charge in [0.15, 0.2) is 5.79 Å². The molecule has 0 bridgehead atoms. The van der Waals surface area contributed by atoms with Crippen LogP contribution in [0.4, 0.5) is 0 Å². The smallest absolute Gasteiger partial charge is 0.162 e. The zero-order valence-corrected chi connectivity index (χ0v) is 20.5. The van der Waals surface area contributed by atoms with Crippen LogP contribution in [0, 0.1) is 11.3 Å². The number of nitrogens with one attached hydrogen (secondary N) is 1. The van der Waals surface area contributed by atoms with Crippen LogP contribution in [0.3, 0.4) is 0 Å². The van der Waals surface area contributed by atoms with Crippen molar-refractivity contribution in [2.75, 3.05) is 19.8 Å². The summed E-state index contributed by atoms with van der Waals surface area (Å²) in [5, 5.41) is 3.82. The van der Waals surface area contributed by atoms with Crippen molar-refractivity contribution in [3.8, 4) is 11.3 Å². The summed E-state index contributed by atoms with van der Waals surface area (Å²) >= 11 is 0. The molecule has 5 heteroatoms. The van der Waals surface area contributed by atoms with Crippen molar-refractivity contribution in [3.63, 3.8) is 0 Å². The minimum absolute atomic E-state index is 0.0244. The van der Waals surface area contributed by atoms with Gasteiger partial charge in [-0.05, 0) is 24.8 Å². The van der Waals surface area contributed by atoms with Crippen LogP contribution in [0.5, 0.6) is 0 Å². The molecule has 0 aliphatic carbocycles. The van der Waals surface area contributed by atoms with E-state index in [-0.39, 0.29) is 11.5 Å². The van der Waals surface area contributed by atoms with Crippen LogP contribution in [0.25, 0.3) is 11.3 Å². The Morgan fingerprint density at radius 2 is 1.61 bits per heavy atom. The number of benzene rings is 2. The zero-order chi connectivity index (χ0) is 23.5. The average molecular weight is 448 g/mol. The summed E-state index contributed by atoms with van der Waals surface area (Å²) in [7, 11) is 0. The minimum Gasteiger partial charge on any atom is -0.350 e. The number of hydrogen-bond acceptors (Lipinski definition) is 4. The van der Waals surface area contributed by atoms with Gasteiger partial charge in [0.2, 0.25) is 0 Å². The molecule has 2 heterocycles.